The molecule has 9 nitrogen and oxygen atoms in total. The van der Waals surface area contributed by atoms with Crippen LogP contribution in [0, 0.1) is 10.1 Å². The lowest BCUT2D eigenvalue weighted by molar-refractivity contribution is -0.389. The van der Waals surface area contributed by atoms with Crippen molar-refractivity contribution < 1.29 is 19.2 Å². The Morgan fingerprint density at radius 2 is 2.28 bits per heavy atom. The minimum atomic E-state index is -0.654. The van der Waals surface area contributed by atoms with E-state index < -0.39 is 16.8 Å². The number of methoxy groups -OCH3 is 1. The van der Waals surface area contributed by atoms with Gasteiger partial charge in [-0.25, -0.2) is 0 Å². The van der Waals surface area contributed by atoms with Crippen LogP contribution in [0.15, 0.2) is 12.3 Å². The summed E-state index contributed by atoms with van der Waals surface area (Å²) in [6, 6.07) is 1.19. The van der Waals surface area contributed by atoms with Crippen molar-refractivity contribution in [3.05, 3.63) is 22.4 Å². The van der Waals surface area contributed by atoms with Gasteiger partial charge in [-0.15, -0.1) is 0 Å². The predicted octanol–water partition coefficient (Wildman–Crippen LogP) is -0.577. The highest BCUT2D eigenvalue weighted by Gasteiger charge is 2.17. The molecular weight excluding hydrogens is 244 g/mol. The van der Waals surface area contributed by atoms with Crippen molar-refractivity contribution in [3.8, 4) is 0 Å². The summed E-state index contributed by atoms with van der Waals surface area (Å²) in [5.74, 6) is -1.28. The Morgan fingerprint density at radius 3 is 2.78 bits per heavy atom. The van der Waals surface area contributed by atoms with Crippen molar-refractivity contribution in [3.63, 3.8) is 0 Å². The van der Waals surface area contributed by atoms with Crippen LogP contribution in [0.3, 0.4) is 0 Å². The fourth-order valence-corrected chi connectivity index (χ4v) is 1.14. The van der Waals surface area contributed by atoms with Gasteiger partial charge in [-0.05, 0) is 4.92 Å². The third-order valence-corrected chi connectivity index (χ3v) is 2.13. The zero-order valence-electron chi connectivity index (χ0n) is 9.90. The molecule has 18 heavy (non-hydrogen) atoms. The maximum Gasteiger partial charge on any atom is 0.389 e. The molecule has 1 aromatic rings. The van der Waals surface area contributed by atoms with Crippen molar-refractivity contribution in [2.75, 3.05) is 20.7 Å². The lowest BCUT2D eigenvalue weighted by atomic mass is 10.5. The minimum Gasteiger partial charge on any atom is -0.468 e. The number of hydrogen-bond donors (Lipinski definition) is 0. The molecule has 0 saturated heterocycles. The minimum absolute atomic E-state index is 0.179. The van der Waals surface area contributed by atoms with Crippen molar-refractivity contribution >= 4 is 17.7 Å². The van der Waals surface area contributed by atoms with Crippen LogP contribution < -0.4 is 0 Å². The third-order valence-electron chi connectivity index (χ3n) is 2.13. The molecular formula is C9H12N4O5. The number of nitro groups is 1. The van der Waals surface area contributed by atoms with Crippen LogP contribution in [0.2, 0.25) is 0 Å². The molecule has 9 heteroatoms. The predicted molar refractivity (Wildman–Crippen MR) is 58.5 cm³/mol. The fraction of sp³-hybridized carbons (Fsp3) is 0.444. The van der Waals surface area contributed by atoms with Crippen LogP contribution in [0.1, 0.15) is 0 Å². The topological polar surface area (TPSA) is 108 Å². The average molecular weight is 256 g/mol. The van der Waals surface area contributed by atoms with E-state index in [2.05, 4.69) is 9.84 Å². The number of amides is 1. The van der Waals surface area contributed by atoms with E-state index in [9.17, 15) is 19.7 Å². The zero-order valence-corrected chi connectivity index (χ0v) is 9.90. The van der Waals surface area contributed by atoms with Crippen molar-refractivity contribution in [2.24, 2.45) is 0 Å². The molecule has 1 heterocycles. The number of nitrogens with zero attached hydrogens (tertiary/aromatic N) is 4. The Kier molecular flexibility index (Phi) is 4.35. The first-order chi connectivity index (χ1) is 8.43. The first kappa shape index (κ1) is 13.6. The summed E-state index contributed by atoms with van der Waals surface area (Å²) in [5, 5.41) is 14.0. The van der Waals surface area contributed by atoms with Gasteiger partial charge in [-0.3, -0.25) is 9.59 Å². The molecule has 1 aromatic heterocycles. The smallest absolute Gasteiger partial charge is 0.389 e. The van der Waals surface area contributed by atoms with Crippen LogP contribution in [-0.2, 0) is 20.9 Å². The second kappa shape index (κ2) is 5.75. The van der Waals surface area contributed by atoms with E-state index in [0.717, 1.165) is 9.58 Å². The number of ether oxygens (including phenoxy) is 1. The van der Waals surface area contributed by atoms with Crippen LogP contribution in [-0.4, -0.2) is 52.2 Å². The number of likely N-dealkylation sites (N-methyl/N-ethyl adjacent to an activating group) is 1. The van der Waals surface area contributed by atoms with Crippen LogP contribution in [0.5, 0.6) is 0 Å². The molecule has 0 N–H and O–H groups in total. The van der Waals surface area contributed by atoms with Gasteiger partial charge in [0, 0.05) is 7.05 Å². The van der Waals surface area contributed by atoms with Gasteiger partial charge in [0.05, 0.1) is 24.5 Å². The highest BCUT2D eigenvalue weighted by molar-refractivity contribution is 5.81. The average Bonchev–Trinajstić information content (AvgIpc) is 2.77. The van der Waals surface area contributed by atoms with E-state index in [0.29, 0.717) is 0 Å². The van der Waals surface area contributed by atoms with Crippen molar-refractivity contribution in [1.82, 2.24) is 14.7 Å². The Labute approximate surface area is 102 Å². The maximum atomic E-state index is 11.6. The molecule has 0 radical (unpaired) electrons. The summed E-state index contributed by atoms with van der Waals surface area (Å²) >= 11 is 0. The first-order valence-corrected chi connectivity index (χ1v) is 4.92. The van der Waals surface area contributed by atoms with Crippen LogP contribution in [0.4, 0.5) is 5.82 Å². The standard InChI is InChI=1S/C9H12N4O5/c1-11(6-9(15)18-2)8(14)5-12-4-3-7(10-12)13(16)17/h3-4H,5-6H2,1-2H3. The molecule has 0 aliphatic heterocycles. The lowest BCUT2D eigenvalue weighted by Gasteiger charge is -2.14. The molecule has 0 atom stereocenters. The van der Waals surface area contributed by atoms with Crippen LogP contribution >= 0.6 is 0 Å². The number of carbonyl (C=O) groups excluding carboxylic acids is 2. The molecule has 0 aromatic carbocycles. The monoisotopic (exact) mass is 256 g/mol. The highest BCUT2D eigenvalue weighted by atomic mass is 16.6. The molecule has 0 unspecified atom stereocenters. The van der Waals surface area contributed by atoms with Gasteiger partial charge in [0.1, 0.15) is 13.1 Å². The number of hydrogen-bond acceptors (Lipinski definition) is 6. The molecule has 0 fully saturated rings. The summed E-state index contributed by atoms with van der Waals surface area (Å²) in [4.78, 5) is 33.5. The lowest BCUT2D eigenvalue weighted by Crippen LogP contribution is -2.35. The number of rotatable bonds is 5. The highest BCUT2D eigenvalue weighted by Crippen LogP contribution is 2.05. The van der Waals surface area contributed by atoms with E-state index in [1.807, 2.05) is 0 Å². The molecule has 98 valence electrons. The molecule has 0 aliphatic rings. The molecule has 0 saturated carbocycles. The summed E-state index contributed by atoms with van der Waals surface area (Å²) < 4.78 is 5.55. The molecule has 0 aliphatic carbocycles. The van der Waals surface area contributed by atoms with Crippen molar-refractivity contribution in [1.29, 1.82) is 0 Å². The Hall–Kier alpha value is -2.45. The van der Waals surface area contributed by atoms with Gasteiger partial charge >= 0.3 is 11.8 Å². The van der Waals surface area contributed by atoms with Gasteiger partial charge < -0.3 is 19.8 Å². The van der Waals surface area contributed by atoms with E-state index >= 15 is 0 Å². The second-order valence-electron chi connectivity index (χ2n) is 3.45. The van der Waals surface area contributed by atoms with Gasteiger partial charge in [-0.1, -0.05) is 0 Å². The number of aromatic nitrogens is 2. The Bertz CT molecular complexity index is 469. The quantitative estimate of drug-likeness (QED) is 0.396. The van der Waals surface area contributed by atoms with E-state index in [4.69, 9.17) is 0 Å². The van der Waals surface area contributed by atoms with E-state index in [-0.39, 0.29) is 18.9 Å². The summed E-state index contributed by atoms with van der Waals surface area (Å²) in [6.07, 6.45) is 1.32. The molecule has 0 bridgehead atoms. The molecule has 1 amide bonds. The van der Waals surface area contributed by atoms with Gasteiger partial charge in [-0.2, -0.15) is 4.68 Å². The van der Waals surface area contributed by atoms with Gasteiger partial charge in [0.25, 0.3) is 0 Å². The zero-order chi connectivity index (χ0) is 13.7. The number of carbonyl (C=O) groups is 2. The van der Waals surface area contributed by atoms with Gasteiger partial charge in [0.2, 0.25) is 5.91 Å². The number of esters is 1. The van der Waals surface area contributed by atoms with Crippen LogP contribution in [0.25, 0.3) is 0 Å². The normalized spacial score (nSPS) is 9.89. The SMILES string of the molecule is COC(=O)CN(C)C(=O)Cn1ccc([N+](=O)[O-])n1. The summed E-state index contributed by atoms with van der Waals surface area (Å²) in [7, 11) is 2.65. The first-order valence-electron chi connectivity index (χ1n) is 4.92. The maximum absolute atomic E-state index is 11.6. The summed E-state index contributed by atoms with van der Waals surface area (Å²) in [5.41, 5.74) is 0. The second-order valence-corrected chi connectivity index (χ2v) is 3.45. The van der Waals surface area contributed by atoms with E-state index in [1.165, 1.54) is 26.4 Å². The van der Waals surface area contributed by atoms with E-state index in [1.54, 1.807) is 0 Å². The largest absolute Gasteiger partial charge is 0.468 e. The third kappa shape index (κ3) is 3.54. The summed E-state index contributed by atoms with van der Waals surface area (Å²) in [6.45, 7) is -0.361. The fourth-order valence-electron chi connectivity index (χ4n) is 1.14. The Morgan fingerprint density at radius 1 is 1.61 bits per heavy atom. The van der Waals surface area contributed by atoms with Crippen molar-refractivity contribution in [2.45, 2.75) is 6.54 Å². The molecule has 0 spiro atoms. The van der Waals surface area contributed by atoms with Gasteiger partial charge in [0.15, 0.2) is 0 Å². The molecule has 1 rings (SSSR count). The Balaban J connectivity index is 2.58.